The van der Waals surface area contributed by atoms with Gasteiger partial charge in [0.15, 0.2) is 0 Å². The predicted molar refractivity (Wildman–Crippen MR) is 85.5 cm³/mol. The summed E-state index contributed by atoms with van der Waals surface area (Å²) in [5.74, 6) is 0.145. The van der Waals surface area contributed by atoms with E-state index in [1.165, 1.54) is 5.56 Å². The third-order valence-corrected chi connectivity index (χ3v) is 4.46. The van der Waals surface area contributed by atoms with Gasteiger partial charge in [0, 0.05) is 45.3 Å². The zero-order valence-corrected chi connectivity index (χ0v) is 13.2. The molecular weight excluding hydrogens is 278 g/mol. The molecule has 2 heterocycles. The monoisotopic (exact) mass is 303 g/mol. The summed E-state index contributed by atoms with van der Waals surface area (Å²) >= 11 is 0. The Balaban J connectivity index is 1.59. The van der Waals surface area contributed by atoms with Crippen molar-refractivity contribution >= 4 is 5.91 Å². The maximum absolute atomic E-state index is 12.7. The number of ether oxygens (including phenoxy) is 1. The van der Waals surface area contributed by atoms with E-state index in [1.54, 1.807) is 0 Å². The molecule has 22 heavy (non-hydrogen) atoms. The largest absolute Gasteiger partial charge is 0.366 e. The van der Waals surface area contributed by atoms with Gasteiger partial charge in [0.25, 0.3) is 5.91 Å². The van der Waals surface area contributed by atoms with Crippen LogP contribution in [0.2, 0.25) is 0 Å². The molecule has 120 valence electrons. The number of piperazine rings is 1. The topological polar surface area (TPSA) is 44.8 Å². The van der Waals surface area contributed by atoms with Crippen molar-refractivity contribution < 1.29 is 9.53 Å². The van der Waals surface area contributed by atoms with Gasteiger partial charge in [-0.1, -0.05) is 30.3 Å². The third-order valence-electron chi connectivity index (χ3n) is 4.46. The Morgan fingerprint density at radius 3 is 2.91 bits per heavy atom. The molecule has 2 aliphatic heterocycles. The molecule has 0 aromatic heterocycles. The van der Waals surface area contributed by atoms with Crippen LogP contribution in [0.25, 0.3) is 0 Å². The summed E-state index contributed by atoms with van der Waals surface area (Å²) in [6.07, 6.45) is -0.321. The maximum Gasteiger partial charge on any atom is 0.253 e. The number of nitrogens with one attached hydrogen (secondary N) is 1. The van der Waals surface area contributed by atoms with Gasteiger partial charge in [-0.3, -0.25) is 9.69 Å². The molecule has 1 aromatic carbocycles. The first-order chi connectivity index (χ1) is 10.7. The molecule has 1 aromatic rings. The third kappa shape index (κ3) is 3.66. The summed E-state index contributed by atoms with van der Waals surface area (Å²) in [5, 5.41) is 3.32. The number of hydrogen-bond acceptors (Lipinski definition) is 4. The molecule has 2 aliphatic rings. The summed E-state index contributed by atoms with van der Waals surface area (Å²) in [6, 6.07) is 10.6. The van der Waals surface area contributed by atoms with Crippen molar-refractivity contribution in [1.82, 2.24) is 15.1 Å². The molecule has 0 radical (unpaired) electrons. The van der Waals surface area contributed by atoms with E-state index in [2.05, 4.69) is 41.4 Å². The lowest BCUT2D eigenvalue weighted by Crippen LogP contribution is -2.58. The first-order valence-corrected chi connectivity index (χ1v) is 8.13. The van der Waals surface area contributed by atoms with E-state index in [9.17, 15) is 4.79 Å². The molecule has 2 fully saturated rings. The Morgan fingerprint density at radius 1 is 1.32 bits per heavy atom. The van der Waals surface area contributed by atoms with E-state index < -0.39 is 0 Å². The lowest BCUT2D eigenvalue weighted by molar-refractivity contribution is -0.152. The zero-order chi connectivity index (χ0) is 15.4. The highest BCUT2D eigenvalue weighted by Gasteiger charge is 2.33. The maximum atomic E-state index is 12.7. The Labute approximate surface area is 132 Å². The minimum Gasteiger partial charge on any atom is -0.366 e. The molecule has 5 nitrogen and oxygen atoms in total. The standard InChI is InChI=1S/C17H25N3O2/c1-14-11-18-7-8-20(14)17(21)16-13-19(9-10-22-16)12-15-5-3-2-4-6-15/h2-6,14,16,18H,7-13H2,1H3/t14-,16?/m1/s1. The summed E-state index contributed by atoms with van der Waals surface area (Å²) in [5.41, 5.74) is 1.28. The van der Waals surface area contributed by atoms with Crippen LogP contribution in [0.15, 0.2) is 30.3 Å². The van der Waals surface area contributed by atoms with Gasteiger partial charge in [0.1, 0.15) is 6.10 Å². The quantitative estimate of drug-likeness (QED) is 0.893. The minimum atomic E-state index is -0.321. The smallest absolute Gasteiger partial charge is 0.253 e. The normalized spacial score (nSPS) is 26.9. The second-order valence-electron chi connectivity index (χ2n) is 6.16. The fourth-order valence-electron chi connectivity index (χ4n) is 3.19. The molecule has 0 saturated carbocycles. The van der Waals surface area contributed by atoms with Gasteiger partial charge in [-0.2, -0.15) is 0 Å². The van der Waals surface area contributed by atoms with Crippen molar-refractivity contribution in [1.29, 1.82) is 0 Å². The van der Waals surface area contributed by atoms with Crippen LogP contribution in [0.5, 0.6) is 0 Å². The van der Waals surface area contributed by atoms with Gasteiger partial charge in [-0.15, -0.1) is 0 Å². The zero-order valence-electron chi connectivity index (χ0n) is 13.2. The van der Waals surface area contributed by atoms with Crippen molar-refractivity contribution in [2.24, 2.45) is 0 Å². The lowest BCUT2D eigenvalue weighted by Gasteiger charge is -2.39. The Hall–Kier alpha value is -1.43. The summed E-state index contributed by atoms with van der Waals surface area (Å²) in [7, 11) is 0. The molecule has 5 heteroatoms. The second kappa shape index (κ2) is 7.22. The van der Waals surface area contributed by atoms with Crippen LogP contribution in [0.4, 0.5) is 0 Å². The van der Waals surface area contributed by atoms with Gasteiger partial charge < -0.3 is 15.0 Å². The summed E-state index contributed by atoms with van der Waals surface area (Å²) in [6.45, 7) is 7.69. The van der Waals surface area contributed by atoms with E-state index >= 15 is 0 Å². The predicted octanol–water partition coefficient (Wildman–Crippen LogP) is 0.708. The first-order valence-electron chi connectivity index (χ1n) is 8.13. The van der Waals surface area contributed by atoms with E-state index in [-0.39, 0.29) is 18.1 Å². The Kier molecular flexibility index (Phi) is 5.08. The highest BCUT2D eigenvalue weighted by molar-refractivity contribution is 5.81. The molecule has 3 rings (SSSR count). The summed E-state index contributed by atoms with van der Waals surface area (Å²) < 4.78 is 5.76. The number of carbonyl (C=O) groups excluding carboxylic acids is 1. The first kappa shape index (κ1) is 15.5. The molecule has 1 amide bonds. The number of nitrogens with zero attached hydrogens (tertiary/aromatic N) is 2. The van der Waals surface area contributed by atoms with Crippen LogP contribution >= 0.6 is 0 Å². The highest BCUT2D eigenvalue weighted by atomic mass is 16.5. The average molecular weight is 303 g/mol. The van der Waals surface area contributed by atoms with Gasteiger partial charge >= 0.3 is 0 Å². The van der Waals surface area contributed by atoms with E-state index in [0.717, 1.165) is 32.7 Å². The van der Waals surface area contributed by atoms with Crippen molar-refractivity contribution in [2.75, 3.05) is 39.3 Å². The van der Waals surface area contributed by atoms with Crippen LogP contribution in [0.3, 0.4) is 0 Å². The fraction of sp³-hybridized carbons (Fsp3) is 0.588. The second-order valence-corrected chi connectivity index (χ2v) is 6.16. The van der Waals surface area contributed by atoms with Crippen LogP contribution in [0.1, 0.15) is 12.5 Å². The van der Waals surface area contributed by atoms with E-state index in [0.29, 0.717) is 13.2 Å². The van der Waals surface area contributed by atoms with Gasteiger partial charge in [-0.25, -0.2) is 0 Å². The molecule has 1 unspecified atom stereocenters. The number of morpholine rings is 1. The number of hydrogen-bond donors (Lipinski definition) is 1. The summed E-state index contributed by atoms with van der Waals surface area (Å²) in [4.78, 5) is 17.0. The molecular formula is C17H25N3O2. The van der Waals surface area contributed by atoms with Gasteiger partial charge in [0.2, 0.25) is 0 Å². The average Bonchev–Trinajstić information content (AvgIpc) is 2.56. The minimum absolute atomic E-state index is 0.145. The molecule has 0 spiro atoms. The Bertz CT molecular complexity index is 494. The van der Waals surface area contributed by atoms with Crippen LogP contribution < -0.4 is 5.32 Å². The van der Waals surface area contributed by atoms with Crippen molar-refractivity contribution in [3.8, 4) is 0 Å². The lowest BCUT2D eigenvalue weighted by atomic mass is 10.1. The molecule has 0 bridgehead atoms. The molecule has 2 atom stereocenters. The van der Waals surface area contributed by atoms with Crippen molar-refractivity contribution in [3.05, 3.63) is 35.9 Å². The molecule has 2 saturated heterocycles. The SMILES string of the molecule is C[C@@H]1CNCCN1C(=O)C1CN(Cc2ccccc2)CCO1. The van der Waals surface area contributed by atoms with Crippen molar-refractivity contribution in [3.63, 3.8) is 0 Å². The van der Waals surface area contributed by atoms with E-state index in [1.807, 2.05) is 11.0 Å². The van der Waals surface area contributed by atoms with Crippen LogP contribution in [0, 0.1) is 0 Å². The van der Waals surface area contributed by atoms with Crippen molar-refractivity contribution in [2.45, 2.75) is 25.6 Å². The van der Waals surface area contributed by atoms with E-state index in [4.69, 9.17) is 4.74 Å². The molecule has 0 aliphatic carbocycles. The van der Waals surface area contributed by atoms with Gasteiger partial charge in [-0.05, 0) is 12.5 Å². The number of amides is 1. The Morgan fingerprint density at radius 2 is 2.14 bits per heavy atom. The van der Waals surface area contributed by atoms with Crippen LogP contribution in [-0.2, 0) is 16.1 Å². The molecule has 1 N–H and O–H groups in total. The number of rotatable bonds is 3. The van der Waals surface area contributed by atoms with Gasteiger partial charge in [0.05, 0.1) is 6.61 Å². The number of benzene rings is 1. The number of carbonyl (C=O) groups is 1. The van der Waals surface area contributed by atoms with Crippen LogP contribution in [-0.4, -0.2) is 67.2 Å². The highest BCUT2D eigenvalue weighted by Crippen LogP contribution is 2.14. The fourth-order valence-corrected chi connectivity index (χ4v) is 3.19.